The first-order valence-electron chi connectivity index (χ1n) is 8.50. The second-order valence-electron chi connectivity index (χ2n) is 5.87. The molecule has 0 aliphatic carbocycles. The van der Waals surface area contributed by atoms with Gasteiger partial charge in [0.15, 0.2) is 11.6 Å². The summed E-state index contributed by atoms with van der Waals surface area (Å²) in [5.41, 5.74) is -0.240. The Hall–Kier alpha value is -2.34. The highest BCUT2D eigenvalue weighted by Gasteiger charge is 2.20. The molecule has 1 amide bonds. The summed E-state index contributed by atoms with van der Waals surface area (Å²) in [6, 6.07) is 0. The third-order valence-electron chi connectivity index (χ3n) is 3.47. The van der Waals surface area contributed by atoms with Crippen LogP contribution in [0.2, 0.25) is 0 Å². The van der Waals surface area contributed by atoms with Crippen molar-refractivity contribution in [2.24, 2.45) is 0 Å². The van der Waals surface area contributed by atoms with E-state index in [2.05, 4.69) is 21.9 Å². The lowest BCUT2D eigenvalue weighted by molar-refractivity contribution is -0.181. The highest BCUT2D eigenvalue weighted by atomic mass is 19.3. The Balaban J connectivity index is 0.000000977. The van der Waals surface area contributed by atoms with Crippen LogP contribution in [0.25, 0.3) is 0 Å². The maximum absolute atomic E-state index is 14.1. The molecule has 1 fully saturated rings. The highest BCUT2D eigenvalue weighted by Crippen LogP contribution is 2.18. The van der Waals surface area contributed by atoms with Gasteiger partial charge in [-0.15, -0.1) is 0 Å². The van der Waals surface area contributed by atoms with Gasteiger partial charge in [-0.2, -0.15) is 8.78 Å². The molecule has 1 saturated heterocycles. The van der Waals surface area contributed by atoms with Crippen molar-refractivity contribution in [3.05, 3.63) is 30.0 Å². The first kappa shape index (κ1) is 26.7. The zero-order valence-corrected chi connectivity index (χ0v) is 16.1. The Morgan fingerprint density at radius 3 is 2.34 bits per heavy atom. The number of carbonyl (C=O) groups excluding carboxylic acids is 1. The number of allylic oxidation sites excluding steroid dienone is 1. The molecule has 12 heteroatoms. The number of anilines is 1. The number of aliphatic hydroxyl groups is 2. The number of carbonyl (C=O) groups is 1. The van der Waals surface area contributed by atoms with Crippen molar-refractivity contribution in [1.29, 1.82) is 0 Å². The van der Waals surface area contributed by atoms with Gasteiger partial charge in [0.25, 0.3) is 6.43 Å². The van der Waals surface area contributed by atoms with Gasteiger partial charge < -0.3 is 20.4 Å². The van der Waals surface area contributed by atoms with Crippen LogP contribution in [-0.2, 0) is 11.2 Å². The predicted molar refractivity (Wildman–Crippen MR) is 96.1 cm³/mol. The van der Waals surface area contributed by atoms with Gasteiger partial charge in [0.2, 0.25) is 5.91 Å². The number of amides is 1. The molecule has 1 aliphatic rings. The Morgan fingerprint density at radius 2 is 1.90 bits per heavy atom. The zero-order chi connectivity index (χ0) is 22.6. The van der Waals surface area contributed by atoms with Crippen molar-refractivity contribution in [3.8, 4) is 0 Å². The van der Waals surface area contributed by atoms with E-state index >= 15 is 0 Å². The number of hydrogen-bond acceptors (Lipinski definition) is 6. The number of aryl methyl sites for hydroxylation is 1. The van der Waals surface area contributed by atoms with E-state index in [9.17, 15) is 26.7 Å². The minimum atomic E-state index is -3.50. The summed E-state index contributed by atoms with van der Waals surface area (Å²) in [4.78, 5) is 20.8. The van der Waals surface area contributed by atoms with Gasteiger partial charge in [0, 0.05) is 27.1 Å². The van der Waals surface area contributed by atoms with E-state index in [1.165, 1.54) is 0 Å². The average Bonchev–Trinajstić information content (AvgIpc) is 2.58. The quantitative estimate of drug-likeness (QED) is 0.455. The summed E-state index contributed by atoms with van der Waals surface area (Å²) in [7, 11) is 1.00. The lowest BCUT2D eigenvalue weighted by atomic mass is 10.1. The molecule has 0 unspecified atom stereocenters. The van der Waals surface area contributed by atoms with Crippen LogP contribution in [0.15, 0.2) is 18.5 Å². The number of alkyl halides is 4. The molecule has 1 aromatic rings. The van der Waals surface area contributed by atoms with Gasteiger partial charge in [-0.1, -0.05) is 6.58 Å². The Bertz CT molecular complexity index is 646. The molecule has 7 nitrogen and oxygen atoms in total. The Morgan fingerprint density at radius 1 is 1.34 bits per heavy atom. The number of nitrogens with one attached hydrogen (secondary N) is 1. The van der Waals surface area contributed by atoms with Crippen molar-refractivity contribution < 1.29 is 37.0 Å². The Kier molecular flexibility index (Phi) is 11.9. The number of aliphatic hydroxyl groups excluding tert-OH is 1. The fourth-order valence-electron chi connectivity index (χ4n) is 1.93. The van der Waals surface area contributed by atoms with E-state index < -0.39 is 18.4 Å². The number of halogens is 5. The summed E-state index contributed by atoms with van der Waals surface area (Å²) in [5, 5.41) is 16.8. The summed E-state index contributed by atoms with van der Waals surface area (Å²) in [5.74, 6) is -0.945. The lowest BCUT2D eigenvalue weighted by Crippen LogP contribution is -2.44. The molecule has 2 rings (SSSR count). The second kappa shape index (κ2) is 13.0. The van der Waals surface area contributed by atoms with Crippen LogP contribution < -0.4 is 5.32 Å². The fourth-order valence-corrected chi connectivity index (χ4v) is 1.93. The lowest BCUT2D eigenvalue weighted by Gasteiger charge is -2.30. The minimum absolute atomic E-state index is 0.00623. The smallest absolute Gasteiger partial charge is 0.350 e. The summed E-state index contributed by atoms with van der Waals surface area (Å²) in [6.45, 7) is 5.02. The number of nitrogens with zero attached hydrogens (tertiary/aromatic N) is 3. The molecule has 0 saturated carbocycles. The molecule has 2 heterocycles. The van der Waals surface area contributed by atoms with Crippen LogP contribution >= 0.6 is 0 Å². The van der Waals surface area contributed by atoms with Crippen LogP contribution in [0.4, 0.5) is 27.8 Å². The predicted octanol–water partition coefficient (Wildman–Crippen LogP) is 2.21. The molecule has 0 spiro atoms. The third-order valence-corrected chi connectivity index (χ3v) is 3.47. The number of rotatable bonds is 7. The van der Waals surface area contributed by atoms with Gasteiger partial charge in [-0.3, -0.25) is 4.79 Å². The first-order valence-corrected chi connectivity index (χ1v) is 8.50. The molecule has 29 heavy (non-hydrogen) atoms. The van der Waals surface area contributed by atoms with Crippen LogP contribution in [0.3, 0.4) is 0 Å². The van der Waals surface area contributed by atoms with E-state index in [0.29, 0.717) is 20.0 Å². The molecule has 0 atom stereocenters. The maximum Gasteiger partial charge on any atom is 0.350 e. The van der Waals surface area contributed by atoms with Gasteiger partial charge >= 0.3 is 6.11 Å². The van der Waals surface area contributed by atoms with Gasteiger partial charge in [-0.25, -0.2) is 23.1 Å². The third kappa shape index (κ3) is 11.3. The van der Waals surface area contributed by atoms with Crippen molar-refractivity contribution >= 4 is 11.7 Å². The Labute approximate surface area is 165 Å². The average molecular weight is 428 g/mol. The van der Waals surface area contributed by atoms with E-state index in [-0.39, 0.29) is 42.4 Å². The van der Waals surface area contributed by atoms with Crippen molar-refractivity contribution in [3.63, 3.8) is 0 Å². The van der Waals surface area contributed by atoms with Crippen LogP contribution in [0, 0.1) is 5.82 Å². The van der Waals surface area contributed by atoms with Crippen LogP contribution in [-0.4, -0.2) is 70.3 Å². The SMILES string of the molecule is C=C(CCc1ncnc(NCC(=O)N2CCC2)c1F)C(F)F.CC(O)(F)F.CO. The minimum Gasteiger partial charge on any atom is -0.400 e. The molecule has 0 radical (unpaired) electrons. The number of aromatic nitrogens is 2. The van der Waals surface area contributed by atoms with E-state index in [1.807, 2.05) is 0 Å². The fraction of sp³-hybridized carbons (Fsp3) is 0.588. The van der Waals surface area contributed by atoms with E-state index in [1.54, 1.807) is 4.90 Å². The molecule has 1 aliphatic heterocycles. The summed E-state index contributed by atoms with van der Waals surface area (Å²) < 4.78 is 60.0. The van der Waals surface area contributed by atoms with Gasteiger partial charge in [-0.05, 0) is 24.8 Å². The van der Waals surface area contributed by atoms with Crippen LogP contribution in [0.5, 0.6) is 0 Å². The van der Waals surface area contributed by atoms with Crippen molar-refractivity contribution in [2.45, 2.75) is 38.7 Å². The topological polar surface area (TPSA) is 98.6 Å². The maximum atomic E-state index is 14.1. The first-order chi connectivity index (χ1) is 13.5. The summed E-state index contributed by atoms with van der Waals surface area (Å²) in [6.07, 6.45) is -4.06. The second-order valence-corrected chi connectivity index (χ2v) is 5.87. The molecular formula is C17H25F5N4O3. The van der Waals surface area contributed by atoms with E-state index in [4.69, 9.17) is 10.2 Å². The highest BCUT2D eigenvalue weighted by molar-refractivity contribution is 5.81. The largest absolute Gasteiger partial charge is 0.400 e. The number of likely N-dealkylation sites (tertiary alicyclic amines) is 1. The molecule has 3 N–H and O–H groups in total. The van der Waals surface area contributed by atoms with Gasteiger partial charge in [0.05, 0.1) is 12.2 Å². The molecule has 166 valence electrons. The van der Waals surface area contributed by atoms with E-state index in [0.717, 1.165) is 19.9 Å². The monoisotopic (exact) mass is 428 g/mol. The molecule has 0 bridgehead atoms. The van der Waals surface area contributed by atoms with Crippen LogP contribution in [0.1, 0.15) is 25.5 Å². The molecule has 1 aromatic heterocycles. The van der Waals surface area contributed by atoms with Crippen molar-refractivity contribution in [2.75, 3.05) is 32.1 Å². The number of hydrogen-bond donors (Lipinski definition) is 3. The summed E-state index contributed by atoms with van der Waals surface area (Å²) >= 11 is 0. The molecule has 0 aromatic carbocycles. The normalized spacial score (nSPS) is 12.8. The zero-order valence-electron chi connectivity index (χ0n) is 16.1. The standard InChI is InChI=1S/C14H17F3N4O.C2H4F2O.CH4O/c1-9(13(16)17)3-4-10-12(15)14(20-8-19-10)18-7-11(22)21-5-2-6-21;1-2(3,4)5;1-2/h8,13H,1-7H2,(H,18,19,20);5H,1H3;2H,1H3. The van der Waals surface area contributed by atoms with Crippen molar-refractivity contribution in [1.82, 2.24) is 14.9 Å². The van der Waals surface area contributed by atoms with Gasteiger partial charge in [0.1, 0.15) is 6.33 Å². The molecular weight excluding hydrogens is 403 g/mol.